The van der Waals surface area contributed by atoms with Crippen molar-refractivity contribution < 1.29 is 0 Å². The number of nitrogens with one attached hydrogen (secondary N) is 1. The molecule has 15 heavy (non-hydrogen) atoms. The molecule has 0 amide bonds. The van der Waals surface area contributed by atoms with E-state index >= 15 is 0 Å². The Hall–Kier alpha value is -0.0800. The fraction of sp³-hybridized carbons (Fsp3) is 1.00. The SMILES string of the molecule is CCC1CNC(C)(CC)CN1C1CC1C. The Labute approximate surface area is 94.4 Å². The van der Waals surface area contributed by atoms with Crippen LogP contribution in [0.2, 0.25) is 0 Å². The van der Waals surface area contributed by atoms with Crippen LogP contribution in [-0.4, -0.2) is 35.6 Å². The van der Waals surface area contributed by atoms with Crippen LogP contribution in [0.1, 0.15) is 47.0 Å². The first-order valence-electron chi connectivity index (χ1n) is 6.60. The lowest BCUT2D eigenvalue weighted by Gasteiger charge is -2.46. The first-order chi connectivity index (χ1) is 7.09. The van der Waals surface area contributed by atoms with Crippen molar-refractivity contribution in [1.82, 2.24) is 10.2 Å². The van der Waals surface area contributed by atoms with Crippen LogP contribution in [0.15, 0.2) is 0 Å². The van der Waals surface area contributed by atoms with Crippen LogP contribution in [0.25, 0.3) is 0 Å². The topological polar surface area (TPSA) is 15.3 Å². The maximum atomic E-state index is 3.73. The van der Waals surface area contributed by atoms with Gasteiger partial charge in [-0.1, -0.05) is 20.8 Å². The molecule has 88 valence electrons. The summed E-state index contributed by atoms with van der Waals surface area (Å²) in [5.41, 5.74) is 0.355. The van der Waals surface area contributed by atoms with Gasteiger partial charge >= 0.3 is 0 Å². The van der Waals surface area contributed by atoms with Crippen molar-refractivity contribution in [2.45, 2.75) is 64.6 Å². The molecule has 2 fully saturated rings. The van der Waals surface area contributed by atoms with Gasteiger partial charge in [-0.25, -0.2) is 0 Å². The Morgan fingerprint density at radius 2 is 2.07 bits per heavy atom. The van der Waals surface area contributed by atoms with Crippen molar-refractivity contribution in [3.63, 3.8) is 0 Å². The van der Waals surface area contributed by atoms with Crippen molar-refractivity contribution in [3.05, 3.63) is 0 Å². The van der Waals surface area contributed by atoms with Gasteiger partial charge in [-0.3, -0.25) is 4.90 Å². The minimum absolute atomic E-state index is 0.355. The molecule has 4 atom stereocenters. The highest BCUT2D eigenvalue weighted by Crippen LogP contribution is 2.38. The molecule has 2 heteroatoms. The van der Waals surface area contributed by atoms with Gasteiger partial charge < -0.3 is 5.32 Å². The summed E-state index contributed by atoms with van der Waals surface area (Å²) in [5.74, 6) is 0.943. The lowest BCUT2D eigenvalue weighted by molar-refractivity contribution is 0.0711. The molecule has 1 saturated heterocycles. The third-order valence-corrected chi connectivity index (χ3v) is 4.51. The van der Waals surface area contributed by atoms with Gasteiger partial charge in [0.05, 0.1) is 0 Å². The van der Waals surface area contributed by atoms with Crippen LogP contribution in [0.3, 0.4) is 0 Å². The summed E-state index contributed by atoms with van der Waals surface area (Å²) >= 11 is 0. The molecule has 1 aliphatic carbocycles. The standard InChI is InChI=1S/C13H26N2/c1-5-11-8-14-13(4,6-2)9-15(11)12-7-10(12)3/h10-12,14H,5-9H2,1-4H3. The van der Waals surface area contributed by atoms with Crippen LogP contribution in [0.4, 0.5) is 0 Å². The number of rotatable bonds is 3. The predicted molar refractivity (Wildman–Crippen MR) is 65.1 cm³/mol. The molecular weight excluding hydrogens is 184 g/mol. The average Bonchev–Trinajstić information content (AvgIpc) is 2.95. The van der Waals surface area contributed by atoms with Crippen molar-refractivity contribution in [2.75, 3.05) is 13.1 Å². The van der Waals surface area contributed by atoms with Gasteiger partial charge in [0, 0.05) is 30.7 Å². The normalized spacial score (nSPS) is 46.8. The smallest absolute Gasteiger partial charge is 0.0278 e. The van der Waals surface area contributed by atoms with Crippen LogP contribution in [-0.2, 0) is 0 Å². The fourth-order valence-corrected chi connectivity index (χ4v) is 2.84. The summed E-state index contributed by atoms with van der Waals surface area (Å²) in [6, 6.07) is 1.67. The van der Waals surface area contributed by atoms with Gasteiger partial charge in [0.25, 0.3) is 0 Å². The van der Waals surface area contributed by atoms with Gasteiger partial charge in [0.2, 0.25) is 0 Å². The first-order valence-corrected chi connectivity index (χ1v) is 6.60. The Balaban J connectivity index is 2.02. The summed E-state index contributed by atoms with van der Waals surface area (Å²) in [4.78, 5) is 2.78. The van der Waals surface area contributed by atoms with Gasteiger partial charge in [0.1, 0.15) is 0 Å². The summed E-state index contributed by atoms with van der Waals surface area (Å²) < 4.78 is 0. The molecule has 2 rings (SSSR count). The monoisotopic (exact) mass is 210 g/mol. The van der Waals surface area contributed by atoms with E-state index in [0.29, 0.717) is 5.54 Å². The average molecular weight is 210 g/mol. The Bertz CT molecular complexity index is 229. The molecule has 0 aromatic carbocycles. The van der Waals surface area contributed by atoms with Crippen LogP contribution in [0.5, 0.6) is 0 Å². The summed E-state index contributed by atoms with van der Waals surface area (Å²) in [5, 5.41) is 3.73. The van der Waals surface area contributed by atoms with Gasteiger partial charge in [0.15, 0.2) is 0 Å². The van der Waals surface area contributed by atoms with Crippen molar-refractivity contribution in [3.8, 4) is 0 Å². The molecule has 4 unspecified atom stereocenters. The first kappa shape index (κ1) is 11.4. The van der Waals surface area contributed by atoms with E-state index < -0.39 is 0 Å². The molecule has 2 nitrogen and oxygen atoms in total. The lowest BCUT2D eigenvalue weighted by Crippen LogP contribution is -2.63. The Kier molecular flexibility index (Phi) is 3.09. The van der Waals surface area contributed by atoms with E-state index in [0.717, 1.165) is 18.0 Å². The molecule has 1 heterocycles. The van der Waals surface area contributed by atoms with Gasteiger partial charge in [-0.05, 0) is 32.1 Å². The van der Waals surface area contributed by atoms with E-state index in [1.165, 1.54) is 32.4 Å². The molecule has 0 aromatic heterocycles. The zero-order chi connectivity index (χ0) is 11.1. The molecule has 1 aliphatic heterocycles. The van der Waals surface area contributed by atoms with Crippen LogP contribution in [0, 0.1) is 5.92 Å². The molecule has 0 spiro atoms. The van der Waals surface area contributed by atoms with E-state index in [2.05, 4.69) is 37.9 Å². The fourth-order valence-electron chi connectivity index (χ4n) is 2.84. The molecule has 0 radical (unpaired) electrons. The molecule has 1 saturated carbocycles. The Morgan fingerprint density at radius 3 is 2.53 bits per heavy atom. The van der Waals surface area contributed by atoms with E-state index in [1.54, 1.807) is 0 Å². The number of piperazine rings is 1. The number of nitrogens with zero attached hydrogens (tertiary/aromatic N) is 1. The van der Waals surface area contributed by atoms with Crippen molar-refractivity contribution in [1.29, 1.82) is 0 Å². The van der Waals surface area contributed by atoms with Crippen molar-refractivity contribution in [2.24, 2.45) is 5.92 Å². The zero-order valence-electron chi connectivity index (χ0n) is 10.7. The third-order valence-electron chi connectivity index (χ3n) is 4.51. The second-order valence-electron chi connectivity index (χ2n) is 5.81. The molecule has 1 N–H and O–H groups in total. The van der Waals surface area contributed by atoms with Crippen LogP contribution < -0.4 is 5.32 Å². The highest BCUT2D eigenvalue weighted by molar-refractivity contribution is 5.02. The van der Waals surface area contributed by atoms with E-state index in [1.807, 2.05) is 0 Å². The second-order valence-corrected chi connectivity index (χ2v) is 5.81. The largest absolute Gasteiger partial charge is 0.309 e. The third kappa shape index (κ3) is 2.21. The van der Waals surface area contributed by atoms with Crippen molar-refractivity contribution >= 4 is 0 Å². The second kappa shape index (κ2) is 4.06. The predicted octanol–water partition coefficient (Wildman–Crippen LogP) is 2.25. The maximum absolute atomic E-state index is 3.73. The number of hydrogen-bond donors (Lipinski definition) is 1. The summed E-state index contributed by atoms with van der Waals surface area (Å²) in [7, 11) is 0. The maximum Gasteiger partial charge on any atom is 0.0278 e. The van der Waals surface area contributed by atoms with Crippen LogP contribution >= 0.6 is 0 Å². The van der Waals surface area contributed by atoms with E-state index in [9.17, 15) is 0 Å². The molecule has 0 bridgehead atoms. The van der Waals surface area contributed by atoms with E-state index in [4.69, 9.17) is 0 Å². The van der Waals surface area contributed by atoms with Gasteiger partial charge in [-0.2, -0.15) is 0 Å². The minimum atomic E-state index is 0.355. The summed E-state index contributed by atoms with van der Waals surface area (Å²) in [6.45, 7) is 11.8. The quantitative estimate of drug-likeness (QED) is 0.768. The highest BCUT2D eigenvalue weighted by atomic mass is 15.3. The highest BCUT2D eigenvalue weighted by Gasteiger charge is 2.45. The Morgan fingerprint density at radius 1 is 1.40 bits per heavy atom. The number of hydrogen-bond acceptors (Lipinski definition) is 2. The zero-order valence-corrected chi connectivity index (χ0v) is 10.7. The minimum Gasteiger partial charge on any atom is -0.309 e. The summed E-state index contributed by atoms with van der Waals surface area (Å²) in [6.07, 6.45) is 3.95. The molecule has 2 aliphatic rings. The van der Waals surface area contributed by atoms with Gasteiger partial charge in [-0.15, -0.1) is 0 Å². The van der Waals surface area contributed by atoms with E-state index in [-0.39, 0.29) is 0 Å². The lowest BCUT2D eigenvalue weighted by atomic mass is 9.92. The molecule has 0 aromatic rings. The molecular formula is C13H26N2.